The molecule has 1 fully saturated rings. The SMILES string of the molecule is CN(c1nccc(C(F)(F)F)n1)C1CN(c2ccc3nncn3n2)C1. The molecule has 1 aliphatic rings. The lowest BCUT2D eigenvalue weighted by Crippen LogP contribution is -2.59. The number of halogens is 3. The molecular formula is C14H13F3N8. The highest BCUT2D eigenvalue weighted by molar-refractivity contribution is 5.49. The smallest absolute Gasteiger partial charge is 0.351 e. The van der Waals surface area contributed by atoms with Crippen LogP contribution in [0.1, 0.15) is 5.69 Å². The minimum Gasteiger partial charge on any atom is -0.351 e. The molecule has 0 atom stereocenters. The molecule has 130 valence electrons. The molecule has 0 spiro atoms. The van der Waals surface area contributed by atoms with Crippen molar-refractivity contribution in [2.45, 2.75) is 12.2 Å². The molecule has 1 aliphatic heterocycles. The van der Waals surface area contributed by atoms with Gasteiger partial charge in [-0.1, -0.05) is 0 Å². The Morgan fingerprint density at radius 1 is 1.20 bits per heavy atom. The van der Waals surface area contributed by atoms with Gasteiger partial charge in [0, 0.05) is 26.3 Å². The molecule has 0 aromatic carbocycles. The standard InChI is InChI=1S/C14H13F3N8/c1-23(13-18-5-4-10(20-13)14(15,16)17)9-6-24(7-9)12-3-2-11-21-19-8-25(11)22-12/h2-5,8-9H,6-7H2,1H3. The van der Waals surface area contributed by atoms with E-state index < -0.39 is 11.9 Å². The minimum absolute atomic E-state index is 0.00175. The van der Waals surface area contributed by atoms with Gasteiger partial charge in [-0.25, -0.2) is 9.97 Å². The normalized spacial score (nSPS) is 15.4. The second-order valence-electron chi connectivity index (χ2n) is 5.73. The number of aromatic nitrogens is 6. The van der Waals surface area contributed by atoms with Gasteiger partial charge < -0.3 is 9.80 Å². The first-order valence-electron chi connectivity index (χ1n) is 7.47. The summed E-state index contributed by atoms with van der Waals surface area (Å²) >= 11 is 0. The van der Waals surface area contributed by atoms with Crippen molar-refractivity contribution in [3.8, 4) is 0 Å². The predicted molar refractivity (Wildman–Crippen MR) is 82.2 cm³/mol. The van der Waals surface area contributed by atoms with Crippen LogP contribution in [0.2, 0.25) is 0 Å². The van der Waals surface area contributed by atoms with E-state index in [0.717, 1.165) is 18.1 Å². The molecule has 3 aromatic heterocycles. The first kappa shape index (κ1) is 15.5. The van der Waals surface area contributed by atoms with E-state index in [1.165, 1.54) is 6.33 Å². The second-order valence-corrected chi connectivity index (χ2v) is 5.73. The van der Waals surface area contributed by atoms with Gasteiger partial charge in [0.05, 0.1) is 6.04 Å². The van der Waals surface area contributed by atoms with Gasteiger partial charge in [-0.3, -0.25) is 0 Å². The zero-order chi connectivity index (χ0) is 17.6. The summed E-state index contributed by atoms with van der Waals surface area (Å²) < 4.78 is 39.9. The maximum atomic E-state index is 12.8. The maximum absolute atomic E-state index is 12.8. The third kappa shape index (κ3) is 2.81. The van der Waals surface area contributed by atoms with E-state index >= 15 is 0 Å². The van der Waals surface area contributed by atoms with Gasteiger partial charge in [0.15, 0.2) is 5.65 Å². The predicted octanol–water partition coefficient (Wildman–Crippen LogP) is 1.26. The van der Waals surface area contributed by atoms with Crippen LogP contribution in [-0.4, -0.2) is 56.0 Å². The summed E-state index contributed by atoms with van der Waals surface area (Å²) in [6, 6.07) is 4.51. The average molecular weight is 350 g/mol. The summed E-state index contributed by atoms with van der Waals surface area (Å²) in [5, 5.41) is 12.1. The van der Waals surface area contributed by atoms with E-state index in [4.69, 9.17) is 0 Å². The van der Waals surface area contributed by atoms with Crippen LogP contribution < -0.4 is 9.80 Å². The molecule has 4 heterocycles. The van der Waals surface area contributed by atoms with Crippen molar-refractivity contribution in [1.82, 2.24) is 29.8 Å². The average Bonchev–Trinajstić information content (AvgIpc) is 3.00. The number of alkyl halides is 3. The van der Waals surface area contributed by atoms with Crippen molar-refractivity contribution in [2.75, 3.05) is 29.9 Å². The van der Waals surface area contributed by atoms with E-state index in [1.54, 1.807) is 16.5 Å². The first-order valence-corrected chi connectivity index (χ1v) is 7.47. The zero-order valence-electron chi connectivity index (χ0n) is 13.1. The van der Waals surface area contributed by atoms with Gasteiger partial charge in [0.1, 0.15) is 17.8 Å². The van der Waals surface area contributed by atoms with Gasteiger partial charge in [-0.2, -0.15) is 17.7 Å². The first-order chi connectivity index (χ1) is 11.9. The second kappa shape index (κ2) is 5.53. The molecule has 0 N–H and O–H groups in total. The van der Waals surface area contributed by atoms with E-state index in [2.05, 4.69) is 25.3 Å². The van der Waals surface area contributed by atoms with Crippen molar-refractivity contribution in [1.29, 1.82) is 0 Å². The van der Waals surface area contributed by atoms with Crippen molar-refractivity contribution in [3.63, 3.8) is 0 Å². The van der Waals surface area contributed by atoms with Crippen molar-refractivity contribution < 1.29 is 13.2 Å². The van der Waals surface area contributed by atoms with Crippen LogP contribution in [0.15, 0.2) is 30.7 Å². The van der Waals surface area contributed by atoms with Crippen molar-refractivity contribution in [2.24, 2.45) is 0 Å². The van der Waals surface area contributed by atoms with Gasteiger partial charge >= 0.3 is 6.18 Å². The highest BCUT2D eigenvalue weighted by atomic mass is 19.4. The Balaban J connectivity index is 1.46. The van der Waals surface area contributed by atoms with Gasteiger partial charge in [0.2, 0.25) is 5.95 Å². The van der Waals surface area contributed by atoms with Crippen LogP contribution in [-0.2, 0) is 6.18 Å². The van der Waals surface area contributed by atoms with Crippen LogP contribution >= 0.6 is 0 Å². The summed E-state index contributed by atoms with van der Waals surface area (Å²) in [7, 11) is 1.69. The molecule has 3 aromatic rings. The molecule has 8 nitrogen and oxygen atoms in total. The Hall–Kier alpha value is -2.98. The molecule has 0 amide bonds. The van der Waals surface area contributed by atoms with Crippen LogP contribution in [0.3, 0.4) is 0 Å². The number of likely N-dealkylation sites (N-methyl/N-ethyl adjacent to an activating group) is 1. The number of rotatable bonds is 3. The van der Waals surface area contributed by atoms with E-state index in [0.29, 0.717) is 18.7 Å². The van der Waals surface area contributed by atoms with E-state index in [1.807, 2.05) is 17.0 Å². The van der Waals surface area contributed by atoms with Crippen molar-refractivity contribution >= 4 is 17.4 Å². The van der Waals surface area contributed by atoms with E-state index in [9.17, 15) is 13.2 Å². The lowest BCUT2D eigenvalue weighted by atomic mass is 10.1. The number of nitrogens with zero attached hydrogens (tertiary/aromatic N) is 8. The Bertz CT molecular complexity index is 902. The highest BCUT2D eigenvalue weighted by Gasteiger charge is 2.35. The minimum atomic E-state index is -4.48. The van der Waals surface area contributed by atoms with Crippen LogP contribution in [0.25, 0.3) is 5.65 Å². The third-order valence-electron chi connectivity index (χ3n) is 4.13. The van der Waals surface area contributed by atoms with Gasteiger partial charge in [-0.15, -0.1) is 15.3 Å². The lowest BCUT2D eigenvalue weighted by Gasteiger charge is -2.44. The molecular weight excluding hydrogens is 337 g/mol. The zero-order valence-corrected chi connectivity index (χ0v) is 13.1. The van der Waals surface area contributed by atoms with E-state index in [-0.39, 0.29) is 12.0 Å². The summed E-state index contributed by atoms with van der Waals surface area (Å²) in [6.45, 7) is 1.22. The fourth-order valence-corrected chi connectivity index (χ4v) is 2.61. The molecule has 0 radical (unpaired) electrons. The van der Waals surface area contributed by atoms with Crippen molar-refractivity contribution in [3.05, 3.63) is 36.4 Å². The van der Waals surface area contributed by atoms with Gasteiger partial charge in [0.25, 0.3) is 0 Å². The Labute approximate surface area is 139 Å². The van der Waals surface area contributed by atoms with Crippen LogP contribution in [0, 0.1) is 0 Å². The molecule has 4 rings (SSSR count). The maximum Gasteiger partial charge on any atom is 0.433 e. The quantitative estimate of drug-likeness (QED) is 0.704. The molecule has 25 heavy (non-hydrogen) atoms. The third-order valence-corrected chi connectivity index (χ3v) is 4.13. The molecule has 0 unspecified atom stereocenters. The van der Waals surface area contributed by atoms with Crippen LogP contribution in [0.4, 0.5) is 24.9 Å². The summed E-state index contributed by atoms with van der Waals surface area (Å²) in [5.41, 5.74) is -0.296. The largest absolute Gasteiger partial charge is 0.433 e. The number of anilines is 2. The monoisotopic (exact) mass is 350 g/mol. The Morgan fingerprint density at radius 2 is 2.00 bits per heavy atom. The highest BCUT2D eigenvalue weighted by Crippen LogP contribution is 2.29. The number of hydrogen-bond acceptors (Lipinski definition) is 7. The number of fused-ring (bicyclic) bond motifs is 1. The molecule has 0 aliphatic carbocycles. The topological polar surface area (TPSA) is 75.3 Å². The molecule has 0 saturated carbocycles. The summed E-state index contributed by atoms with van der Waals surface area (Å²) in [6.07, 6.45) is -1.85. The van der Waals surface area contributed by atoms with Gasteiger partial charge in [-0.05, 0) is 18.2 Å². The number of hydrogen-bond donors (Lipinski definition) is 0. The lowest BCUT2D eigenvalue weighted by molar-refractivity contribution is -0.141. The fourth-order valence-electron chi connectivity index (χ4n) is 2.61. The molecule has 1 saturated heterocycles. The summed E-state index contributed by atoms with van der Waals surface area (Å²) in [4.78, 5) is 11.2. The van der Waals surface area contributed by atoms with Crippen LogP contribution in [0.5, 0.6) is 0 Å². The Morgan fingerprint density at radius 3 is 2.76 bits per heavy atom. The molecule has 0 bridgehead atoms. The summed E-state index contributed by atoms with van der Waals surface area (Å²) in [5.74, 6) is 0.809. The fraction of sp³-hybridized carbons (Fsp3) is 0.357. The molecule has 11 heteroatoms. The Kier molecular flexibility index (Phi) is 3.44.